The largest absolute Gasteiger partial charge is 0.437 e. The lowest BCUT2D eigenvalue weighted by Crippen LogP contribution is -2.06. The smallest absolute Gasteiger partial charge is 0.195 e. The summed E-state index contributed by atoms with van der Waals surface area (Å²) in [6.07, 6.45) is 0. The molecule has 1 rings (SSSR count). The molecule has 0 radical (unpaired) electrons. The lowest BCUT2D eigenvalue weighted by Gasteiger charge is -2.05. The average Bonchev–Trinajstić information content (AvgIpc) is 2.33. The summed E-state index contributed by atoms with van der Waals surface area (Å²) in [4.78, 5) is 12.6. The highest BCUT2D eigenvalue weighted by Gasteiger charge is 2.06. The Kier molecular flexibility index (Phi) is 1.98. The summed E-state index contributed by atoms with van der Waals surface area (Å²) in [7, 11) is 3.73. The molecule has 1 aromatic rings. The fourth-order valence-electron chi connectivity index (χ4n) is 0.757. The lowest BCUT2D eigenvalue weighted by atomic mass is 10.3. The maximum absolute atomic E-state index is 10.8. The summed E-state index contributed by atoms with van der Waals surface area (Å²) < 4.78 is 5.18. The van der Waals surface area contributed by atoms with Gasteiger partial charge in [0, 0.05) is 27.1 Å². The van der Waals surface area contributed by atoms with Crippen molar-refractivity contribution in [1.29, 1.82) is 0 Å². The van der Waals surface area contributed by atoms with Gasteiger partial charge in [-0.05, 0) is 6.07 Å². The van der Waals surface area contributed by atoms with Crippen molar-refractivity contribution < 1.29 is 9.21 Å². The highest BCUT2D eigenvalue weighted by atomic mass is 16.4. The van der Waals surface area contributed by atoms with E-state index in [-0.39, 0.29) is 5.78 Å². The molecule has 0 amide bonds. The van der Waals surface area contributed by atoms with E-state index in [9.17, 15) is 4.79 Å². The standard InChI is InChI=1S/C8H11NO2/c1-6(10)7-4-5-8(11-7)9(2)3/h4-5H,1-3H3. The normalized spacial score (nSPS) is 9.73. The first-order chi connectivity index (χ1) is 5.11. The predicted octanol–water partition coefficient (Wildman–Crippen LogP) is 1.55. The van der Waals surface area contributed by atoms with Crippen molar-refractivity contribution in [3.8, 4) is 0 Å². The van der Waals surface area contributed by atoms with Gasteiger partial charge in [0.15, 0.2) is 17.4 Å². The zero-order valence-electron chi connectivity index (χ0n) is 6.92. The Balaban J connectivity index is 2.90. The fourth-order valence-corrected chi connectivity index (χ4v) is 0.757. The number of carbonyl (C=O) groups excluding carboxylic acids is 1. The molecule has 11 heavy (non-hydrogen) atoms. The first-order valence-corrected chi connectivity index (χ1v) is 3.39. The van der Waals surface area contributed by atoms with Crippen molar-refractivity contribution in [1.82, 2.24) is 0 Å². The maximum Gasteiger partial charge on any atom is 0.195 e. The average molecular weight is 153 g/mol. The highest BCUT2D eigenvalue weighted by molar-refractivity contribution is 5.91. The topological polar surface area (TPSA) is 33.5 Å². The van der Waals surface area contributed by atoms with E-state index in [0.717, 1.165) is 0 Å². The Morgan fingerprint density at radius 3 is 2.36 bits per heavy atom. The van der Waals surface area contributed by atoms with Crippen molar-refractivity contribution in [2.75, 3.05) is 19.0 Å². The molecule has 0 saturated carbocycles. The minimum atomic E-state index is -0.0434. The Morgan fingerprint density at radius 2 is 2.09 bits per heavy atom. The van der Waals surface area contributed by atoms with Gasteiger partial charge in [0.25, 0.3) is 0 Å². The van der Waals surface area contributed by atoms with Crippen LogP contribution in [0, 0.1) is 0 Å². The van der Waals surface area contributed by atoms with Crippen LogP contribution in [0.2, 0.25) is 0 Å². The third kappa shape index (κ3) is 1.61. The van der Waals surface area contributed by atoms with Gasteiger partial charge in [-0.3, -0.25) is 4.79 Å². The quantitative estimate of drug-likeness (QED) is 0.604. The molecule has 1 heterocycles. The number of anilines is 1. The van der Waals surface area contributed by atoms with Crippen molar-refractivity contribution >= 4 is 11.7 Å². The molecule has 60 valence electrons. The van der Waals surface area contributed by atoms with Crippen LogP contribution in [0.25, 0.3) is 0 Å². The Labute approximate surface area is 65.6 Å². The molecule has 0 spiro atoms. The molecule has 3 heteroatoms. The lowest BCUT2D eigenvalue weighted by molar-refractivity contribution is 0.0988. The van der Waals surface area contributed by atoms with Gasteiger partial charge in [-0.1, -0.05) is 0 Å². The molecule has 0 aliphatic carbocycles. The predicted molar refractivity (Wildman–Crippen MR) is 43.0 cm³/mol. The van der Waals surface area contributed by atoms with Crippen LogP contribution in [0.15, 0.2) is 16.5 Å². The number of carbonyl (C=O) groups is 1. The van der Waals surface area contributed by atoms with Crippen LogP contribution in [-0.4, -0.2) is 19.9 Å². The van der Waals surface area contributed by atoms with E-state index >= 15 is 0 Å². The van der Waals surface area contributed by atoms with Crippen molar-refractivity contribution in [3.63, 3.8) is 0 Å². The second-order valence-corrected chi connectivity index (χ2v) is 2.59. The van der Waals surface area contributed by atoms with Crippen LogP contribution in [-0.2, 0) is 0 Å². The molecule has 3 nitrogen and oxygen atoms in total. The van der Waals surface area contributed by atoms with Crippen molar-refractivity contribution in [2.45, 2.75) is 6.92 Å². The maximum atomic E-state index is 10.8. The van der Waals surface area contributed by atoms with Gasteiger partial charge in [-0.2, -0.15) is 0 Å². The van der Waals surface area contributed by atoms with Crippen LogP contribution in [0.1, 0.15) is 17.5 Å². The van der Waals surface area contributed by atoms with Gasteiger partial charge >= 0.3 is 0 Å². The molecule has 0 N–H and O–H groups in total. The van der Waals surface area contributed by atoms with Gasteiger partial charge in [-0.15, -0.1) is 0 Å². The molecule has 0 aromatic carbocycles. The first-order valence-electron chi connectivity index (χ1n) is 3.39. The molecule has 1 aromatic heterocycles. The number of hydrogen-bond acceptors (Lipinski definition) is 3. The number of hydrogen-bond donors (Lipinski definition) is 0. The molecule has 0 saturated heterocycles. The van der Waals surface area contributed by atoms with E-state index in [2.05, 4.69) is 0 Å². The van der Waals surface area contributed by atoms with E-state index in [0.29, 0.717) is 11.6 Å². The van der Waals surface area contributed by atoms with Gasteiger partial charge in [-0.25, -0.2) is 0 Å². The number of furan rings is 1. The van der Waals surface area contributed by atoms with E-state index in [4.69, 9.17) is 4.42 Å². The zero-order valence-corrected chi connectivity index (χ0v) is 6.92. The summed E-state index contributed by atoms with van der Waals surface area (Å²) in [5.74, 6) is 1.07. The number of Topliss-reactive ketones (excluding diaryl/α,β-unsaturated/α-hetero) is 1. The van der Waals surface area contributed by atoms with E-state index in [1.54, 1.807) is 12.1 Å². The summed E-state index contributed by atoms with van der Waals surface area (Å²) >= 11 is 0. The Morgan fingerprint density at radius 1 is 1.45 bits per heavy atom. The van der Waals surface area contributed by atoms with Crippen LogP contribution >= 0.6 is 0 Å². The van der Waals surface area contributed by atoms with Crippen molar-refractivity contribution in [3.05, 3.63) is 17.9 Å². The summed E-state index contributed by atoms with van der Waals surface area (Å²) in [6.45, 7) is 1.48. The molecular weight excluding hydrogens is 142 g/mol. The van der Waals surface area contributed by atoms with E-state index < -0.39 is 0 Å². The SMILES string of the molecule is CC(=O)c1ccc(N(C)C)o1. The van der Waals surface area contributed by atoms with Crippen LogP contribution in [0.3, 0.4) is 0 Å². The minimum absolute atomic E-state index is 0.0434. The van der Waals surface area contributed by atoms with Crippen LogP contribution in [0.4, 0.5) is 5.88 Å². The highest BCUT2D eigenvalue weighted by Crippen LogP contribution is 2.15. The Hall–Kier alpha value is -1.25. The first kappa shape index (κ1) is 7.85. The van der Waals surface area contributed by atoms with E-state index in [1.807, 2.05) is 19.0 Å². The third-order valence-corrected chi connectivity index (χ3v) is 1.38. The molecule has 0 aliphatic rings. The third-order valence-electron chi connectivity index (χ3n) is 1.38. The van der Waals surface area contributed by atoms with Gasteiger partial charge in [0.05, 0.1) is 0 Å². The monoisotopic (exact) mass is 153 g/mol. The molecule has 0 atom stereocenters. The number of nitrogens with zero attached hydrogens (tertiary/aromatic N) is 1. The molecule has 0 aliphatic heterocycles. The Bertz CT molecular complexity index is 263. The van der Waals surface area contributed by atoms with Crippen LogP contribution in [0.5, 0.6) is 0 Å². The molecule has 0 fully saturated rings. The van der Waals surface area contributed by atoms with Crippen LogP contribution < -0.4 is 4.90 Å². The van der Waals surface area contributed by atoms with Gasteiger partial charge in [0.2, 0.25) is 0 Å². The molecule has 0 bridgehead atoms. The summed E-state index contributed by atoms with van der Waals surface area (Å²) in [5.41, 5.74) is 0. The van der Waals surface area contributed by atoms with E-state index in [1.165, 1.54) is 6.92 Å². The molecule has 0 unspecified atom stereocenters. The number of rotatable bonds is 2. The summed E-state index contributed by atoms with van der Waals surface area (Å²) in [5, 5.41) is 0. The second kappa shape index (κ2) is 2.78. The van der Waals surface area contributed by atoms with Crippen molar-refractivity contribution in [2.24, 2.45) is 0 Å². The van der Waals surface area contributed by atoms with Gasteiger partial charge in [0.1, 0.15) is 0 Å². The second-order valence-electron chi connectivity index (χ2n) is 2.59. The minimum Gasteiger partial charge on any atom is -0.437 e. The summed E-state index contributed by atoms with van der Waals surface area (Å²) in [6, 6.07) is 3.45. The zero-order chi connectivity index (χ0) is 8.43. The molecular formula is C8H11NO2. The number of ketones is 1. The fraction of sp³-hybridized carbons (Fsp3) is 0.375. The van der Waals surface area contributed by atoms with Gasteiger partial charge < -0.3 is 9.32 Å².